The van der Waals surface area contributed by atoms with Gasteiger partial charge >= 0.3 is 0 Å². The summed E-state index contributed by atoms with van der Waals surface area (Å²) in [6.07, 6.45) is 2.06. The first-order valence-electron chi connectivity index (χ1n) is 9.72. The number of carbonyl (C=O) groups excluding carboxylic acids is 1. The molecular weight excluding hydrogens is 340 g/mol. The summed E-state index contributed by atoms with van der Waals surface area (Å²) in [7, 11) is 1.86. The van der Waals surface area contributed by atoms with Crippen molar-refractivity contribution in [1.29, 1.82) is 0 Å². The molecule has 2 atom stereocenters. The smallest absolute Gasteiger partial charge is 0.242 e. The van der Waals surface area contributed by atoms with Gasteiger partial charge in [-0.3, -0.25) is 20.4 Å². The van der Waals surface area contributed by atoms with Crippen LogP contribution in [-0.2, 0) is 11.3 Å². The van der Waals surface area contributed by atoms with Crippen LogP contribution in [0, 0.1) is 12.8 Å². The van der Waals surface area contributed by atoms with E-state index in [1.807, 2.05) is 42.8 Å². The van der Waals surface area contributed by atoms with Gasteiger partial charge in [0.2, 0.25) is 5.91 Å². The van der Waals surface area contributed by atoms with Crippen LogP contribution in [0.2, 0.25) is 0 Å². The first kappa shape index (κ1) is 19.6. The molecule has 0 spiro atoms. The van der Waals surface area contributed by atoms with Gasteiger partial charge in [0.15, 0.2) is 5.43 Å². The highest BCUT2D eigenvalue weighted by atomic mass is 16.2. The summed E-state index contributed by atoms with van der Waals surface area (Å²) in [6.45, 7) is 7.26. The minimum Gasteiger partial charge on any atom is -0.344 e. The summed E-state index contributed by atoms with van der Waals surface area (Å²) < 4.78 is 1.94. The van der Waals surface area contributed by atoms with E-state index in [2.05, 4.69) is 24.7 Å². The van der Waals surface area contributed by atoms with Crippen LogP contribution in [-0.4, -0.2) is 41.1 Å². The third kappa shape index (κ3) is 4.22. The fourth-order valence-corrected chi connectivity index (χ4v) is 4.02. The van der Waals surface area contributed by atoms with Gasteiger partial charge in [0.1, 0.15) is 6.54 Å². The Morgan fingerprint density at radius 2 is 1.85 bits per heavy atom. The van der Waals surface area contributed by atoms with Gasteiger partial charge in [0, 0.05) is 42.8 Å². The second-order valence-corrected chi connectivity index (χ2v) is 7.74. The Bertz CT molecular complexity index is 866. The Morgan fingerprint density at radius 3 is 2.56 bits per heavy atom. The van der Waals surface area contributed by atoms with Gasteiger partial charge in [-0.15, -0.1) is 0 Å². The van der Waals surface area contributed by atoms with Crippen LogP contribution in [0.1, 0.15) is 32.4 Å². The van der Waals surface area contributed by atoms with Crippen LogP contribution in [0.4, 0.5) is 0 Å². The van der Waals surface area contributed by atoms with Crippen LogP contribution < -0.4 is 16.3 Å². The number of fused-ring (bicyclic) bond motifs is 1. The third-order valence-electron chi connectivity index (χ3n) is 5.80. The maximum Gasteiger partial charge on any atom is 0.242 e. The van der Waals surface area contributed by atoms with Gasteiger partial charge < -0.3 is 9.47 Å². The number of likely N-dealkylation sites (N-methyl/N-ethyl adjacent to an activating group) is 1. The number of aryl methyl sites for hydroxylation is 1. The highest BCUT2D eigenvalue weighted by molar-refractivity contribution is 5.82. The van der Waals surface area contributed by atoms with E-state index in [4.69, 9.17) is 0 Å². The topological polar surface area (TPSA) is 66.4 Å². The molecule has 6 heteroatoms. The van der Waals surface area contributed by atoms with E-state index >= 15 is 0 Å². The standard InChI is InChI=1S/C21H30N4O2/c1-14-12-20(26)18-8-5-6-10-19(18)25(14)13-21(27)24(4)11-7-9-17-15(2)22-23-16(17)3/h5-6,8,10,12,15-17,22-23H,7,9,11,13H2,1-4H3. The molecule has 146 valence electrons. The Labute approximate surface area is 160 Å². The van der Waals surface area contributed by atoms with Crippen molar-refractivity contribution in [1.82, 2.24) is 20.3 Å². The summed E-state index contributed by atoms with van der Waals surface area (Å²) in [4.78, 5) is 26.7. The van der Waals surface area contributed by atoms with E-state index in [0.717, 1.165) is 30.6 Å². The van der Waals surface area contributed by atoms with E-state index in [9.17, 15) is 9.59 Å². The highest BCUT2D eigenvalue weighted by Crippen LogP contribution is 2.20. The Balaban J connectivity index is 1.63. The van der Waals surface area contributed by atoms with Crippen LogP contribution in [0.5, 0.6) is 0 Å². The maximum absolute atomic E-state index is 12.8. The molecule has 1 aromatic heterocycles. The van der Waals surface area contributed by atoms with E-state index < -0.39 is 0 Å². The lowest BCUT2D eigenvalue weighted by Gasteiger charge is -2.22. The number of carbonyl (C=O) groups is 1. The molecule has 27 heavy (non-hydrogen) atoms. The minimum absolute atomic E-state index is 0.00201. The zero-order valence-corrected chi connectivity index (χ0v) is 16.7. The second kappa shape index (κ2) is 8.23. The van der Waals surface area contributed by atoms with Crippen molar-refractivity contribution in [3.63, 3.8) is 0 Å². The molecular formula is C21H30N4O2. The average molecular weight is 370 g/mol. The van der Waals surface area contributed by atoms with Gasteiger partial charge in [-0.2, -0.15) is 0 Å². The van der Waals surface area contributed by atoms with Gasteiger partial charge in [-0.1, -0.05) is 12.1 Å². The van der Waals surface area contributed by atoms with Crippen molar-refractivity contribution < 1.29 is 4.79 Å². The number of nitrogens with zero attached hydrogens (tertiary/aromatic N) is 2. The lowest BCUT2D eigenvalue weighted by molar-refractivity contribution is -0.130. The molecule has 1 aliphatic rings. The molecule has 3 rings (SSSR count). The van der Waals surface area contributed by atoms with E-state index in [1.165, 1.54) is 0 Å². The lowest BCUT2D eigenvalue weighted by Crippen LogP contribution is -2.33. The number of hydrogen-bond acceptors (Lipinski definition) is 4. The summed E-state index contributed by atoms with van der Waals surface area (Å²) in [5, 5.41) is 0.655. The average Bonchev–Trinajstić information content (AvgIpc) is 2.96. The monoisotopic (exact) mass is 370 g/mol. The maximum atomic E-state index is 12.8. The van der Waals surface area contributed by atoms with Crippen molar-refractivity contribution in [3.8, 4) is 0 Å². The Morgan fingerprint density at radius 1 is 1.19 bits per heavy atom. The van der Waals surface area contributed by atoms with Gasteiger partial charge in [0.05, 0.1) is 5.52 Å². The minimum atomic E-state index is 0.00201. The number of hydrazine groups is 1. The number of rotatable bonds is 6. The normalized spacial score (nSPS) is 22.3. The molecule has 2 heterocycles. The molecule has 1 aliphatic heterocycles. The summed E-state index contributed by atoms with van der Waals surface area (Å²) in [5.74, 6) is 0.648. The molecule has 6 nitrogen and oxygen atoms in total. The molecule has 0 saturated carbocycles. The van der Waals surface area contributed by atoms with Crippen molar-refractivity contribution in [2.24, 2.45) is 5.92 Å². The molecule has 0 aliphatic carbocycles. The van der Waals surface area contributed by atoms with E-state index in [0.29, 0.717) is 23.4 Å². The van der Waals surface area contributed by atoms with Crippen LogP contribution in [0.3, 0.4) is 0 Å². The fraction of sp³-hybridized carbons (Fsp3) is 0.524. The molecule has 1 fully saturated rings. The van der Waals surface area contributed by atoms with Gasteiger partial charge in [-0.05, 0) is 51.7 Å². The van der Waals surface area contributed by atoms with Crippen molar-refractivity contribution >= 4 is 16.8 Å². The molecule has 0 radical (unpaired) electrons. The Kier molecular flexibility index (Phi) is 5.97. The molecule has 1 aromatic carbocycles. The zero-order chi connectivity index (χ0) is 19.6. The first-order chi connectivity index (χ1) is 12.9. The van der Waals surface area contributed by atoms with Crippen LogP contribution >= 0.6 is 0 Å². The number of hydrogen-bond donors (Lipinski definition) is 2. The largest absolute Gasteiger partial charge is 0.344 e. The van der Waals surface area contributed by atoms with Crippen molar-refractivity contribution in [3.05, 3.63) is 46.2 Å². The van der Waals surface area contributed by atoms with E-state index in [-0.39, 0.29) is 17.9 Å². The second-order valence-electron chi connectivity index (χ2n) is 7.74. The van der Waals surface area contributed by atoms with Gasteiger partial charge in [-0.25, -0.2) is 0 Å². The van der Waals surface area contributed by atoms with Crippen LogP contribution in [0.25, 0.3) is 10.9 Å². The number of benzene rings is 1. The number of aromatic nitrogens is 1. The summed E-state index contributed by atoms with van der Waals surface area (Å²) in [5.41, 5.74) is 8.19. The predicted octanol–water partition coefficient (Wildman–Crippen LogP) is 2.05. The number of pyridine rings is 1. The Hall–Kier alpha value is -2.18. The quantitative estimate of drug-likeness (QED) is 0.817. The molecule has 1 amide bonds. The molecule has 1 saturated heterocycles. The van der Waals surface area contributed by atoms with Crippen molar-refractivity contribution in [2.45, 2.75) is 52.2 Å². The molecule has 2 aromatic rings. The lowest BCUT2D eigenvalue weighted by atomic mass is 9.91. The molecule has 2 unspecified atom stereocenters. The summed E-state index contributed by atoms with van der Waals surface area (Å²) >= 11 is 0. The van der Waals surface area contributed by atoms with E-state index in [1.54, 1.807) is 11.0 Å². The number of amides is 1. The fourth-order valence-electron chi connectivity index (χ4n) is 4.02. The molecule has 2 N–H and O–H groups in total. The number of para-hydroxylation sites is 1. The molecule has 0 bridgehead atoms. The highest BCUT2D eigenvalue weighted by Gasteiger charge is 2.29. The zero-order valence-electron chi connectivity index (χ0n) is 16.7. The van der Waals surface area contributed by atoms with Crippen molar-refractivity contribution in [2.75, 3.05) is 13.6 Å². The van der Waals surface area contributed by atoms with Gasteiger partial charge in [0.25, 0.3) is 0 Å². The summed E-state index contributed by atoms with van der Waals surface area (Å²) in [6, 6.07) is 9.99. The number of nitrogens with one attached hydrogen (secondary N) is 2. The predicted molar refractivity (Wildman–Crippen MR) is 109 cm³/mol. The SMILES string of the molecule is Cc1cc(=O)c2ccccc2n1CC(=O)N(C)CCCC1C(C)NNC1C. The van der Waals surface area contributed by atoms with Crippen LogP contribution in [0.15, 0.2) is 35.1 Å². The third-order valence-corrected chi connectivity index (χ3v) is 5.80. The first-order valence-corrected chi connectivity index (χ1v) is 9.72.